The number of anilines is 6. The van der Waals surface area contributed by atoms with Crippen molar-refractivity contribution in [2.75, 3.05) is 9.80 Å². The molecule has 0 aromatic heterocycles. The first-order chi connectivity index (χ1) is 36.3. The molecule has 0 bridgehead atoms. The van der Waals surface area contributed by atoms with Crippen molar-refractivity contribution >= 4 is 134 Å². The van der Waals surface area contributed by atoms with Crippen molar-refractivity contribution in [2.24, 2.45) is 0 Å². The second-order valence-electron chi connectivity index (χ2n) is 20.4. The van der Waals surface area contributed by atoms with E-state index in [4.69, 9.17) is 0 Å². The Balaban J connectivity index is 1.03. The van der Waals surface area contributed by atoms with Gasteiger partial charge in [-0.25, -0.2) is 0 Å². The van der Waals surface area contributed by atoms with E-state index in [9.17, 15) is 0 Å². The molecule has 0 aliphatic rings. The van der Waals surface area contributed by atoms with Gasteiger partial charge in [0.15, 0.2) is 0 Å². The van der Waals surface area contributed by atoms with Crippen molar-refractivity contribution in [3.8, 4) is 0 Å². The Kier molecular flexibility index (Phi) is 10.1. The maximum atomic E-state index is 2.51. The Morgan fingerprint density at radius 3 is 0.676 bits per heavy atom. The molecular weight excluding hydrogens is 893 g/mol. The van der Waals surface area contributed by atoms with Crippen LogP contribution in [0.15, 0.2) is 218 Å². The van der Waals surface area contributed by atoms with E-state index in [1.54, 1.807) is 0 Å². The Bertz CT molecular complexity index is 4020. The van der Waals surface area contributed by atoms with Gasteiger partial charge < -0.3 is 9.80 Å². The average Bonchev–Trinajstić information content (AvgIpc) is 3.63. The van der Waals surface area contributed by atoms with Crippen molar-refractivity contribution in [1.82, 2.24) is 0 Å². The number of rotatable bonds is 10. The molecule has 14 rings (SSSR count). The molecule has 0 aliphatic heterocycles. The fourth-order valence-corrected chi connectivity index (χ4v) is 11.9. The Labute approximate surface area is 432 Å². The van der Waals surface area contributed by atoms with Gasteiger partial charge in [-0.15, -0.1) is 0 Å². The van der Waals surface area contributed by atoms with E-state index in [0.29, 0.717) is 0 Å². The molecule has 2 nitrogen and oxygen atoms in total. The summed E-state index contributed by atoms with van der Waals surface area (Å²) in [5, 5.41) is 18.0. The van der Waals surface area contributed by atoms with Crippen molar-refractivity contribution in [3.05, 3.63) is 263 Å². The molecule has 0 unspecified atom stereocenters. The molecule has 0 aliphatic carbocycles. The van der Waals surface area contributed by atoms with Crippen LogP contribution in [0.2, 0.25) is 0 Å². The summed E-state index contributed by atoms with van der Waals surface area (Å²) >= 11 is 0. The highest BCUT2D eigenvalue weighted by Gasteiger charge is 2.30. The highest BCUT2D eigenvalue weighted by molar-refractivity contribution is 6.51. The van der Waals surface area contributed by atoms with Crippen molar-refractivity contribution in [1.29, 1.82) is 0 Å². The molecule has 0 spiro atoms. The third-order valence-electron chi connectivity index (χ3n) is 15.5. The van der Waals surface area contributed by atoms with Crippen LogP contribution in [-0.4, -0.2) is 0 Å². The van der Waals surface area contributed by atoms with Crippen LogP contribution in [0.25, 0.3) is 99.7 Å². The minimum absolute atomic E-state index is 1.11. The van der Waals surface area contributed by atoms with Gasteiger partial charge in [-0.1, -0.05) is 216 Å². The summed E-state index contributed by atoms with van der Waals surface area (Å²) in [5.74, 6) is 0. The molecule has 0 N–H and O–H groups in total. The zero-order valence-electron chi connectivity index (χ0n) is 42.0. The maximum Gasteiger partial charge on any atom is 0.0619 e. The lowest BCUT2D eigenvalue weighted by Crippen LogP contribution is -2.13. The SMILES string of the molecule is Cc1ccc(C=Cc2ccc(N(c3ccc(C)cc3)c3c4cccc5c6cccc7c(N(c8ccc(C)cc8)c8ccc(C=Cc9ccc(C)cc9)cc8)c8cccc9c%10cccc3c%10c(c45)c(c76)c89)cc2)cc1. The van der Waals surface area contributed by atoms with Crippen molar-refractivity contribution in [2.45, 2.75) is 27.7 Å². The Morgan fingerprint density at radius 2 is 0.419 bits per heavy atom. The van der Waals surface area contributed by atoms with E-state index in [1.807, 2.05) is 0 Å². The number of hydrogen-bond donors (Lipinski definition) is 0. The molecule has 2 heteroatoms. The molecule has 14 aromatic rings. The first-order valence-electron chi connectivity index (χ1n) is 25.8. The molecule has 74 heavy (non-hydrogen) atoms. The van der Waals surface area contributed by atoms with E-state index >= 15 is 0 Å². The maximum absolute atomic E-state index is 2.51. The molecule has 350 valence electrons. The van der Waals surface area contributed by atoms with Gasteiger partial charge in [0.05, 0.1) is 11.4 Å². The predicted molar refractivity (Wildman–Crippen MR) is 322 cm³/mol. The normalized spacial score (nSPS) is 12.2. The lowest BCUT2D eigenvalue weighted by atomic mass is 9.79. The fraction of sp³-hybridized carbons (Fsp3) is 0.0556. The number of aryl methyl sites for hydroxylation is 4. The zero-order valence-corrected chi connectivity index (χ0v) is 42.0. The van der Waals surface area contributed by atoms with Crippen molar-refractivity contribution < 1.29 is 0 Å². The minimum atomic E-state index is 1.11. The molecular formula is C72H52N2. The molecule has 0 amide bonds. The first kappa shape index (κ1) is 43.5. The topological polar surface area (TPSA) is 6.48 Å². The van der Waals surface area contributed by atoms with Crippen LogP contribution in [-0.2, 0) is 0 Å². The Hall–Kier alpha value is -9.24. The molecule has 0 heterocycles. The largest absolute Gasteiger partial charge is 0.309 e. The second-order valence-corrected chi connectivity index (χ2v) is 20.4. The molecule has 0 fully saturated rings. The average molecular weight is 945 g/mol. The van der Waals surface area contributed by atoms with Gasteiger partial charge in [-0.05, 0) is 120 Å². The first-order valence-corrected chi connectivity index (χ1v) is 25.8. The quantitative estimate of drug-likeness (QED) is 0.0766. The summed E-state index contributed by atoms with van der Waals surface area (Å²) in [6.45, 7) is 8.60. The van der Waals surface area contributed by atoms with Gasteiger partial charge >= 0.3 is 0 Å². The summed E-state index contributed by atoms with van der Waals surface area (Å²) < 4.78 is 0. The highest BCUT2D eigenvalue weighted by atomic mass is 15.2. The number of nitrogens with zero attached hydrogens (tertiary/aromatic N) is 2. The summed E-state index contributed by atoms with van der Waals surface area (Å²) in [5.41, 5.74) is 16.6. The predicted octanol–water partition coefficient (Wildman–Crippen LogP) is 20.6. The molecule has 0 saturated heterocycles. The van der Waals surface area contributed by atoms with Crippen LogP contribution in [0, 0.1) is 27.7 Å². The monoisotopic (exact) mass is 944 g/mol. The lowest BCUT2D eigenvalue weighted by molar-refractivity contribution is 1.30. The third kappa shape index (κ3) is 7.01. The van der Waals surface area contributed by atoms with E-state index in [-0.39, 0.29) is 0 Å². The Morgan fingerprint density at radius 1 is 0.216 bits per heavy atom. The number of hydrogen-bond acceptors (Lipinski definition) is 2. The van der Waals surface area contributed by atoms with E-state index in [0.717, 1.165) is 33.9 Å². The summed E-state index contributed by atoms with van der Waals surface area (Å²) in [6.07, 6.45) is 8.83. The molecule has 0 atom stereocenters. The standard InChI is InChI=1S/C72H52N2/c1-45-17-25-49(26-18-45)29-31-51-33-41-55(42-34-51)73(53-37-21-47(3)22-38-53)71-61-13-5-9-57-59-11-7-15-63-67(59)70-68-60(58-10-6-14-62(71)66(58)69(70)65(57)61)12-8-16-64(68)72(63)74(54-39-23-48(4)24-40-54)56-43-35-52(36-44-56)32-30-50-27-19-46(2)20-28-50/h5-44H,1-4H3. The third-order valence-corrected chi connectivity index (χ3v) is 15.5. The van der Waals surface area contributed by atoms with Crippen molar-refractivity contribution in [3.63, 3.8) is 0 Å². The van der Waals surface area contributed by atoms with E-state index in [1.165, 1.54) is 120 Å². The molecule has 0 saturated carbocycles. The van der Waals surface area contributed by atoms with Gasteiger partial charge in [-0.3, -0.25) is 0 Å². The van der Waals surface area contributed by atoms with E-state index in [2.05, 4.69) is 280 Å². The summed E-state index contributed by atoms with van der Waals surface area (Å²) in [7, 11) is 0. The van der Waals surface area contributed by atoms with Crippen LogP contribution in [0.1, 0.15) is 44.5 Å². The van der Waals surface area contributed by atoms with Gasteiger partial charge in [0, 0.05) is 76.6 Å². The summed E-state index contributed by atoms with van der Waals surface area (Å²) in [6, 6.07) is 81.7. The van der Waals surface area contributed by atoms with Crippen LogP contribution >= 0.6 is 0 Å². The summed E-state index contributed by atoms with van der Waals surface area (Å²) in [4.78, 5) is 5.01. The van der Waals surface area contributed by atoms with Crippen LogP contribution in [0.5, 0.6) is 0 Å². The van der Waals surface area contributed by atoms with Gasteiger partial charge in [0.25, 0.3) is 0 Å². The number of fused-ring (bicyclic) bond motifs is 2. The smallest absolute Gasteiger partial charge is 0.0619 e. The second kappa shape index (κ2) is 17.2. The molecule has 0 radical (unpaired) electrons. The van der Waals surface area contributed by atoms with Gasteiger partial charge in [0.1, 0.15) is 0 Å². The van der Waals surface area contributed by atoms with Crippen LogP contribution < -0.4 is 9.80 Å². The number of benzene rings is 14. The van der Waals surface area contributed by atoms with Gasteiger partial charge in [-0.2, -0.15) is 0 Å². The zero-order chi connectivity index (χ0) is 49.6. The van der Waals surface area contributed by atoms with Crippen LogP contribution in [0.4, 0.5) is 34.1 Å². The highest BCUT2D eigenvalue weighted by Crippen LogP contribution is 2.58. The fourth-order valence-electron chi connectivity index (χ4n) is 11.9. The van der Waals surface area contributed by atoms with E-state index < -0.39 is 0 Å². The van der Waals surface area contributed by atoms with Gasteiger partial charge in [0.2, 0.25) is 0 Å². The van der Waals surface area contributed by atoms with Crippen LogP contribution in [0.3, 0.4) is 0 Å². The molecule has 14 aromatic carbocycles. The lowest BCUT2D eigenvalue weighted by Gasteiger charge is -2.33. The minimum Gasteiger partial charge on any atom is -0.309 e.